The number of nitrogens with zero attached hydrogens (tertiary/aromatic N) is 3. The molecule has 11 heteroatoms. The van der Waals surface area contributed by atoms with E-state index in [-0.39, 0.29) is 41.6 Å². The van der Waals surface area contributed by atoms with E-state index in [0.29, 0.717) is 32.8 Å². The molecule has 0 aliphatic carbocycles. The fourth-order valence-corrected chi connectivity index (χ4v) is 3.25. The number of rotatable bonds is 3. The lowest BCUT2D eigenvalue weighted by molar-refractivity contribution is -0.138. The van der Waals surface area contributed by atoms with Gasteiger partial charge in [-0.25, -0.2) is 0 Å². The summed E-state index contributed by atoms with van der Waals surface area (Å²) in [5.41, 5.74) is 0.263. The van der Waals surface area contributed by atoms with Crippen LogP contribution >= 0.6 is 11.6 Å². The smallest absolute Gasteiger partial charge is 0.317 e. The molecule has 2 fully saturated rings. The number of H-pyrrole nitrogens is 1. The third kappa shape index (κ3) is 4.91. The van der Waals surface area contributed by atoms with E-state index in [1.165, 1.54) is 6.20 Å². The molecule has 2 saturated heterocycles. The van der Waals surface area contributed by atoms with Gasteiger partial charge in [-0.2, -0.15) is 5.10 Å². The van der Waals surface area contributed by atoms with Crippen molar-refractivity contribution in [3.05, 3.63) is 16.9 Å². The number of aromatic nitrogens is 2. The number of halogens is 1. The fourth-order valence-electron chi connectivity index (χ4n) is 3.07. The molecular formula is C14H19ClN4O6. The molecule has 1 aromatic rings. The average molecular weight is 375 g/mol. The number of ether oxygens (including phenoxy) is 1. The van der Waals surface area contributed by atoms with Crippen LogP contribution in [0.5, 0.6) is 0 Å². The number of hydrogen-bond donors (Lipinski definition) is 3. The Morgan fingerprint density at radius 2 is 2.12 bits per heavy atom. The summed E-state index contributed by atoms with van der Waals surface area (Å²) in [6, 6.07) is -0.196. The number of aliphatic carboxylic acids is 1. The molecule has 3 N–H and O–H groups in total. The van der Waals surface area contributed by atoms with E-state index in [9.17, 15) is 9.59 Å². The highest BCUT2D eigenvalue weighted by atomic mass is 35.5. The maximum absolute atomic E-state index is 12.7. The molecule has 3 heterocycles. The lowest BCUT2D eigenvalue weighted by Crippen LogP contribution is -2.47. The molecular weight excluding hydrogens is 356 g/mol. The minimum atomic E-state index is -0.865. The van der Waals surface area contributed by atoms with Gasteiger partial charge in [-0.05, 0) is 0 Å². The molecule has 2 atom stereocenters. The lowest BCUT2D eigenvalue weighted by Gasteiger charge is -2.30. The maximum atomic E-state index is 12.7. The van der Waals surface area contributed by atoms with Crippen molar-refractivity contribution in [3.8, 4) is 0 Å². The van der Waals surface area contributed by atoms with Gasteiger partial charge in [0.05, 0.1) is 37.0 Å². The van der Waals surface area contributed by atoms with Crippen LogP contribution in [0.3, 0.4) is 0 Å². The summed E-state index contributed by atoms with van der Waals surface area (Å²) in [4.78, 5) is 35.6. The maximum Gasteiger partial charge on any atom is 0.317 e. The quantitative estimate of drug-likeness (QED) is 0.609. The van der Waals surface area contributed by atoms with Crippen LogP contribution in [-0.2, 0) is 14.3 Å². The van der Waals surface area contributed by atoms with Gasteiger partial charge in [-0.15, -0.1) is 0 Å². The highest BCUT2D eigenvalue weighted by Crippen LogP contribution is 2.23. The van der Waals surface area contributed by atoms with Crippen LogP contribution in [0.4, 0.5) is 0 Å². The zero-order valence-electron chi connectivity index (χ0n) is 13.3. The molecule has 0 unspecified atom stereocenters. The number of amides is 1. The normalized spacial score (nSPS) is 23.2. The molecule has 0 radical (unpaired) electrons. The minimum Gasteiger partial charge on any atom is -0.483 e. The Morgan fingerprint density at radius 3 is 2.72 bits per heavy atom. The molecule has 2 bridgehead atoms. The van der Waals surface area contributed by atoms with Crippen molar-refractivity contribution in [2.45, 2.75) is 6.04 Å². The standard InChI is InChI=1S/C13H17ClN4O4.CH2O2/c14-10-1-15-16-12(10)13(21)18-3-8-2-17(5-11(19)20)4-9(18)7-22-6-8;2-1-3/h1,8-9H,2-7H2,(H,15,16)(H,19,20);1H,(H,2,3)/t8-,9-;/m0./s1. The molecule has 138 valence electrons. The van der Waals surface area contributed by atoms with Gasteiger partial charge in [0.15, 0.2) is 0 Å². The highest BCUT2D eigenvalue weighted by molar-refractivity contribution is 6.33. The Labute approximate surface area is 148 Å². The Balaban J connectivity index is 0.000000701. The van der Waals surface area contributed by atoms with Crippen LogP contribution in [0.2, 0.25) is 5.02 Å². The first-order chi connectivity index (χ1) is 12.0. The number of carbonyl (C=O) groups is 3. The van der Waals surface area contributed by atoms with Gasteiger partial charge in [-0.1, -0.05) is 11.6 Å². The van der Waals surface area contributed by atoms with Gasteiger partial charge in [-0.3, -0.25) is 24.4 Å². The second-order valence-corrected chi connectivity index (χ2v) is 6.21. The van der Waals surface area contributed by atoms with Gasteiger partial charge in [0, 0.05) is 25.6 Å². The van der Waals surface area contributed by atoms with Crippen molar-refractivity contribution in [3.63, 3.8) is 0 Å². The van der Waals surface area contributed by atoms with Crippen molar-refractivity contribution in [2.75, 3.05) is 39.4 Å². The van der Waals surface area contributed by atoms with E-state index < -0.39 is 5.97 Å². The zero-order chi connectivity index (χ0) is 18.4. The second-order valence-electron chi connectivity index (χ2n) is 5.80. The molecule has 10 nitrogen and oxygen atoms in total. The number of carbonyl (C=O) groups excluding carboxylic acids is 1. The molecule has 2 aliphatic heterocycles. The van der Waals surface area contributed by atoms with Crippen molar-refractivity contribution in [1.29, 1.82) is 0 Å². The van der Waals surface area contributed by atoms with Gasteiger partial charge in [0.2, 0.25) is 0 Å². The molecule has 1 aromatic heterocycles. The largest absolute Gasteiger partial charge is 0.483 e. The first-order valence-corrected chi connectivity index (χ1v) is 7.93. The Morgan fingerprint density at radius 1 is 1.40 bits per heavy atom. The Kier molecular flexibility index (Phi) is 6.73. The van der Waals surface area contributed by atoms with E-state index in [2.05, 4.69) is 10.2 Å². The summed E-state index contributed by atoms with van der Waals surface area (Å²) in [5.74, 6) is -1.01. The van der Waals surface area contributed by atoms with E-state index in [0.717, 1.165) is 0 Å². The van der Waals surface area contributed by atoms with Crippen LogP contribution in [0.1, 0.15) is 10.5 Å². The molecule has 0 aromatic carbocycles. The summed E-state index contributed by atoms with van der Waals surface area (Å²) < 4.78 is 5.62. The molecule has 2 aliphatic rings. The van der Waals surface area contributed by atoms with Crippen LogP contribution in [-0.4, -0.2) is 94.0 Å². The van der Waals surface area contributed by atoms with E-state index in [1.54, 1.807) is 4.90 Å². The number of carboxylic acid groups (broad SMARTS) is 2. The Bertz CT molecular complexity index is 624. The summed E-state index contributed by atoms with van der Waals surface area (Å²) >= 11 is 5.97. The van der Waals surface area contributed by atoms with Crippen LogP contribution in [0.25, 0.3) is 0 Å². The fraction of sp³-hybridized carbons (Fsp3) is 0.571. The van der Waals surface area contributed by atoms with E-state index in [1.807, 2.05) is 4.90 Å². The monoisotopic (exact) mass is 374 g/mol. The Hall–Kier alpha value is -2.17. The van der Waals surface area contributed by atoms with Gasteiger partial charge in [0.1, 0.15) is 5.69 Å². The van der Waals surface area contributed by atoms with E-state index >= 15 is 0 Å². The number of carboxylic acids is 1. The van der Waals surface area contributed by atoms with Crippen LogP contribution in [0.15, 0.2) is 6.20 Å². The van der Waals surface area contributed by atoms with Gasteiger partial charge in [0.25, 0.3) is 12.4 Å². The number of fused-ring (bicyclic) bond motifs is 3. The third-order valence-electron chi connectivity index (χ3n) is 3.97. The zero-order valence-corrected chi connectivity index (χ0v) is 14.1. The lowest BCUT2D eigenvalue weighted by atomic mass is 10.1. The average Bonchev–Trinajstić information content (AvgIpc) is 2.75. The molecule has 1 amide bonds. The molecule has 3 rings (SSSR count). The molecule has 25 heavy (non-hydrogen) atoms. The van der Waals surface area contributed by atoms with Gasteiger partial charge < -0.3 is 19.8 Å². The highest BCUT2D eigenvalue weighted by Gasteiger charge is 2.37. The first kappa shape index (κ1) is 19.2. The number of aromatic amines is 1. The summed E-state index contributed by atoms with van der Waals surface area (Å²) in [7, 11) is 0. The second kappa shape index (κ2) is 8.79. The van der Waals surface area contributed by atoms with Crippen molar-refractivity contribution in [1.82, 2.24) is 20.0 Å². The van der Waals surface area contributed by atoms with Crippen molar-refractivity contribution < 1.29 is 29.3 Å². The predicted molar refractivity (Wildman–Crippen MR) is 85.5 cm³/mol. The number of hydrogen-bond acceptors (Lipinski definition) is 6. The number of nitrogens with one attached hydrogen (secondary N) is 1. The van der Waals surface area contributed by atoms with Crippen LogP contribution < -0.4 is 0 Å². The van der Waals surface area contributed by atoms with E-state index in [4.69, 9.17) is 31.3 Å². The molecule has 0 saturated carbocycles. The summed E-state index contributed by atoms with van der Waals surface area (Å²) in [6.45, 7) is 2.23. The first-order valence-electron chi connectivity index (χ1n) is 7.55. The van der Waals surface area contributed by atoms with Crippen LogP contribution in [0, 0.1) is 5.92 Å². The van der Waals surface area contributed by atoms with Crippen molar-refractivity contribution >= 4 is 29.9 Å². The molecule has 0 spiro atoms. The topological polar surface area (TPSA) is 136 Å². The van der Waals surface area contributed by atoms with Gasteiger partial charge >= 0.3 is 5.97 Å². The predicted octanol–water partition coefficient (Wildman–Crippen LogP) is -0.379. The van der Waals surface area contributed by atoms with Crippen molar-refractivity contribution in [2.24, 2.45) is 5.92 Å². The third-order valence-corrected chi connectivity index (χ3v) is 4.26. The SMILES string of the molecule is O=C(O)CN1C[C@@H]2COC[C@H](C1)N(C(=O)c1[nH]ncc1Cl)C2.O=CO. The summed E-state index contributed by atoms with van der Waals surface area (Å²) in [6.07, 6.45) is 1.39. The summed E-state index contributed by atoms with van der Waals surface area (Å²) in [5, 5.41) is 22.6. The minimum absolute atomic E-state index is 0.0279.